The van der Waals surface area contributed by atoms with Crippen molar-refractivity contribution in [2.24, 2.45) is 0 Å². The van der Waals surface area contributed by atoms with Crippen molar-refractivity contribution in [2.75, 3.05) is 11.6 Å². The van der Waals surface area contributed by atoms with Crippen LogP contribution in [0.4, 0.5) is 6.01 Å². The molecule has 1 aromatic carbocycles. The molecule has 8 nitrogen and oxygen atoms in total. The molecule has 8 heteroatoms. The van der Waals surface area contributed by atoms with Crippen LogP contribution in [-0.4, -0.2) is 24.8 Å². The fourth-order valence-electron chi connectivity index (χ4n) is 2.19. The highest BCUT2D eigenvalue weighted by molar-refractivity contribution is 5.93. The van der Waals surface area contributed by atoms with E-state index in [2.05, 4.69) is 20.1 Å². The largest absolute Gasteiger partial charge is 0.424 e. The van der Waals surface area contributed by atoms with Crippen LogP contribution < -0.4 is 11.6 Å². The summed E-state index contributed by atoms with van der Waals surface area (Å²) in [5.74, 6) is 5.79. The molecule has 0 saturated carbocycles. The number of nitrogens with zero attached hydrogens (tertiary/aromatic N) is 5. The number of nitrogens with two attached hydrogens (primary N) is 2. The van der Waals surface area contributed by atoms with Gasteiger partial charge in [0, 0.05) is 11.8 Å². The van der Waals surface area contributed by atoms with Crippen molar-refractivity contribution < 1.29 is 4.42 Å². The van der Waals surface area contributed by atoms with Gasteiger partial charge in [-0.05, 0) is 18.2 Å². The number of hydrogen-bond acceptors (Lipinski definition) is 7. The van der Waals surface area contributed by atoms with E-state index in [4.69, 9.17) is 16.0 Å². The van der Waals surface area contributed by atoms with Gasteiger partial charge in [-0.1, -0.05) is 0 Å². The molecule has 0 saturated heterocycles. The Morgan fingerprint density at radius 2 is 2.15 bits per heavy atom. The van der Waals surface area contributed by atoms with Crippen LogP contribution >= 0.6 is 0 Å². The van der Waals surface area contributed by atoms with E-state index >= 15 is 0 Å². The number of hydrogen-bond donors (Lipinski definition) is 2. The topological polar surface area (TPSA) is 122 Å². The summed E-state index contributed by atoms with van der Waals surface area (Å²) >= 11 is 0. The number of anilines is 1. The van der Waals surface area contributed by atoms with E-state index in [1.165, 1.54) is 11.1 Å². The van der Waals surface area contributed by atoms with Gasteiger partial charge in [0.1, 0.15) is 17.5 Å². The third-order valence-electron chi connectivity index (χ3n) is 3.05. The molecule has 0 aliphatic heterocycles. The molecule has 0 fully saturated rings. The molecule has 20 heavy (non-hydrogen) atoms. The zero-order valence-electron chi connectivity index (χ0n) is 10.2. The second-order valence-electron chi connectivity index (χ2n) is 4.29. The van der Waals surface area contributed by atoms with Crippen LogP contribution in [0.15, 0.2) is 35.1 Å². The van der Waals surface area contributed by atoms with E-state index in [0.717, 1.165) is 10.9 Å². The highest BCUT2D eigenvalue weighted by Gasteiger charge is 2.13. The van der Waals surface area contributed by atoms with Crippen molar-refractivity contribution in [2.45, 2.75) is 0 Å². The van der Waals surface area contributed by atoms with Crippen molar-refractivity contribution in [3.63, 3.8) is 0 Å². The fraction of sp³-hybridized carbons (Fsp3) is 0. The Morgan fingerprint density at radius 3 is 3.05 bits per heavy atom. The SMILES string of the molecule is Nc1nc2cc(-c3nn(N)c4ncncc34)ccc2o1. The van der Waals surface area contributed by atoms with Gasteiger partial charge in [-0.15, -0.1) is 5.10 Å². The molecule has 4 rings (SSSR count). The van der Waals surface area contributed by atoms with Gasteiger partial charge in [-0.2, -0.15) is 9.77 Å². The zero-order chi connectivity index (χ0) is 13.7. The summed E-state index contributed by atoms with van der Waals surface area (Å²) in [5.41, 5.74) is 8.92. The lowest BCUT2D eigenvalue weighted by Gasteiger charge is -1.96. The van der Waals surface area contributed by atoms with Crippen LogP contribution in [0.5, 0.6) is 0 Å². The molecule has 4 N–H and O–H groups in total. The van der Waals surface area contributed by atoms with Crippen molar-refractivity contribution in [3.05, 3.63) is 30.7 Å². The van der Waals surface area contributed by atoms with Crippen LogP contribution in [0.25, 0.3) is 33.4 Å². The predicted molar refractivity (Wildman–Crippen MR) is 72.9 cm³/mol. The molecule has 98 valence electrons. The molecule has 3 aromatic heterocycles. The molecule has 0 spiro atoms. The Labute approximate surface area is 112 Å². The smallest absolute Gasteiger partial charge is 0.292 e. The van der Waals surface area contributed by atoms with Gasteiger partial charge in [-0.25, -0.2) is 9.97 Å². The summed E-state index contributed by atoms with van der Waals surface area (Å²) in [6.07, 6.45) is 3.11. The van der Waals surface area contributed by atoms with E-state index in [-0.39, 0.29) is 6.01 Å². The minimum absolute atomic E-state index is 0.134. The molecule has 0 atom stereocenters. The van der Waals surface area contributed by atoms with Crippen LogP contribution in [0, 0.1) is 0 Å². The number of nitrogen functional groups attached to an aromatic ring is 2. The average molecular weight is 267 g/mol. The maximum atomic E-state index is 5.79. The Balaban J connectivity index is 2.00. The van der Waals surface area contributed by atoms with E-state index in [1.54, 1.807) is 12.3 Å². The molecule has 0 bridgehead atoms. The molecule has 0 aliphatic rings. The van der Waals surface area contributed by atoms with E-state index in [1.807, 2.05) is 12.1 Å². The molecule has 3 heterocycles. The second-order valence-corrected chi connectivity index (χ2v) is 4.29. The van der Waals surface area contributed by atoms with Gasteiger partial charge in [-0.3, -0.25) is 0 Å². The number of rotatable bonds is 1. The first-order valence-electron chi connectivity index (χ1n) is 5.82. The second kappa shape index (κ2) is 3.67. The Hall–Kier alpha value is -3.16. The van der Waals surface area contributed by atoms with Crippen molar-refractivity contribution in [1.29, 1.82) is 0 Å². The molecule has 4 aromatic rings. The van der Waals surface area contributed by atoms with Gasteiger partial charge >= 0.3 is 0 Å². The van der Waals surface area contributed by atoms with Crippen molar-refractivity contribution in [3.8, 4) is 11.3 Å². The highest BCUT2D eigenvalue weighted by Crippen LogP contribution is 2.28. The minimum Gasteiger partial charge on any atom is -0.424 e. The molecular weight excluding hydrogens is 258 g/mol. The summed E-state index contributed by atoms with van der Waals surface area (Å²) in [6, 6.07) is 5.62. The lowest BCUT2D eigenvalue weighted by molar-refractivity contribution is 0.626. The van der Waals surface area contributed by atoms with Crippen LogP contribution in [-0.2, 0) is 0 Å². The standard InChI is InChI=1S/C12H9N7O/c13-12-17-8-3-6(1-2-9(8)20-12)10-7-4-15-5-16-11(7)19(14)18-10/h1-5H,14H2,(H2,13,17). The van der Waals surface area contributed by atoms with Crippen LogP contribution in [0.1, 0.15) is 0 Å². The van der Waals surface area contributed by atoms with Crippen molar-refractivity contribution in [1.82, 2.24) is 24.8 Å². The summed E-state index contributed by atoms with van der Waals surface area (Å²) < 4.78 is 5.24. The maximum Gasteiger partial charge on any atom is 0.292 e. The molecule has 0 radical (unpaired) electrons. The predicted octanol–water partition coefficient (Wildman–Crippen LogP) is 0.930. The van der Waals surface area contributed by atoms with Gasteiger partial charge in [0.25, 0.3) is 6.01 Å². The normalized spacial score (nSPS) is 11.4. The highest BCUT2D eigenvalue weighted by atomic mass is 16.4. The molecule has 0 aliphatic carbocycles. The van der Waals surface area contributed by atoms with E-state index in [0.29, 0.717) is 22.4 Å². The lowest BCUT2D eigenvalue weighted by atomic mass is 10.1. The summed E-state index contributed by atoms with van der Waals surface area (Å²) in [6.45, 7) is 0. The zero-order valence-corrected chi connectivity index (χ0v) is 10.2. The number of oxazole rings is 1. The molecule has 0 amide bonds. The number of fused-ring (bicyclic) bond motifs is 2. The summed E-state index contributed by atoms with van der Waals surface area (Å²) in [5, 5.41) is 5.05. The first-order chi connectivity index (χ1) is 9.72. The van der Waals surface area contributed by atoms with Gasteiger partial charge in [0.2, 0.25) is 0 Å². The minimum atomic E-state index is 0.134. The fourth-order valence-corrected chi connectivity index (χ4v) is 2.19. The van der Waals surface area contributed by atoms with Gasteiger partial charge < -0.3 is 16.0 Å². The molecule has 0 unspecified atom stereocenters. The third kappa shape index (κ3) is 1.41. The van der Waals surface area contributed by atoms with Crippen LogP contribution in [0.3, 0.4) is 0 Å². The summed E-state index contributed by atoms with van der Waals surface area (Å²) in [4.78, 5) is 13.4. The van der Waals surface area contributed by atoms with E-state index in [9.17, 15) is 0 Å². The van der Waals surface area contributed by atoms with Crippen molar-refractivity contribution >= 4 is 28.1 Å². The van der Waals surface area contributed by atoms with Gasteiger partial charge in [0.15, 0.2) is 11.2 Å². The quantitative estimate of drug-likeness (QED) is 0.492. The first-order valence-corrected chi connectivity index (χ1v) is 5.82. The number of benzene rings is 1. The Morgan fingerprint density at radius 1 is 1.25 bits per heavy atom. The van der Waals surface area contributed by atoms with Gasteiger partial charge in [0.05, 0.1) is 5.39 Å². The Kier molecular flexibility index (Phi) is 1.97. The lowest BCUT2D eigenvalue weighted by Crippen LogP contribution is -2.10. The number of aromatic nitrogens is 5. The maximum absolute atomic E-state index is 5.79. The van der Waals surface area contributed by atoms with E-state index < -0.39 is 0 Å². The third-order valence-corrected chi connectivity index (χ3v) is 3.05. The summed E-state index contributed by atoms with van der Waals surface area (Å²) in [7, 11) is 0. The Bertz CT molecular complexity index is 939. The van der Waals surface area contributed by atoms with Crippen LogP contribution in [0.2, 0.25) is 0 Å². The first kappa shape index (κ1) is 10.7. The molecular formula is C12H9N7O. The monoisotopic (exact) mass is 267 g/mol. The average Bonchev–Trinajstić information content (AvgIpc) is 2.98.